The molecular formula is C19H22F3N3O. The topological polar surface area (TPSA) is 38.2 Å². The summed E-state index contributed by atoms with van der Waals surface area (Å²) in [5, 5.41) is 0. The minimum absolute atomic E-state index is 0.235. The van der Waals surface area contributed by atoms with Gasteiger partial charge >= 0.3 is 6.18 Å². The third-order valence-electron chi connectivity index (χ3n) is 4.67. The second-order valence-electron chi connectivity index (χ2n) is 6.54. The number of rotatable bonds is 5. The van der Waals surface area contributed by atoms with E-state index in [0.717, 1.165) is 50.3 Å². The van der Waals surface area contributed by atoms with Crippen LogP contribution in [0.4, 0.5) is 13.2 Å². The molecule has 1 aromatic carbocycles. The minimum atomic E-state index is -4.37. The summed E-state index contributed by atoms with van der Waals surface area (Å²) in [5.41, 5.74) is 1.07. The van der Waals surface area contributed by atoms with Crippen LogP contribution < -0.4 is 0 Å². The Bertz CT molecular complexity index is 736. The fourth-order valence-corrected chi connectivity index (χ4v) is 3.29. The Hall–Kier alpha value is -1.99. The first-order valence-corrected chi connectivity index (χ1v) is 8.68. The highest BCUT2D eigenvalue weighted by atomic mass is 19.4. The Morgan fingerprint density at radius 2 is 2.12 bits per heavy atom. The number of likely N-dealkylation sites (tertiary alicyclic amines) is 1. The molecule has 26 heavy (non-hydrogen) atoms. The lowest BCUT2D eigenvalue weighted by Gasteiger charge is -2.32. The SMILES string of the molecule is COCCN1CCCC(c2cncc(-c3cccc(C(F)(F)F)c3)n2)C1. The molecule has 1 fully saturated rings. The predicted octanol–water partition coefficient (Wildman–Crippen LogP) is 3.99. The normalized spacial score (nSPS) is 18.8. The van der Waals surface area contributed by atoms with Crippen LogP contribution in [0.1, 0.15) is 30.0 Å². The number of methoxy groups -OCH3 is 1. The summed E-state index contributed by atoms with van der Waals surface area (Å²) >= 11 is 0. The van der Waals surface area contributed by atoms with Crippen molar-refractivity contribution in [1.82, 2.24) is 14.9 Å². The van der Waals surface area contributed by atoms with E-state index >= 15 is 0 Å². The van der Waals surface area contributed by atoms with Crippen molar-refractivity contribution in [1.29, 1.82) is 0 Å². The summed E-state index contributed by atoms with van der Waals surface area (Å²) in [6, 6.07) is 5.23. The number of piperidine rings is 1. The molecule has 0 N–H and O–H groups in total. The Kier molecular flexibility index (Phi) is 5.88. The molecule has 1 aliphatic heterocycles. The highest BCUT2D eigenvalue weighted by Gasteiger charge is 2.30. The molecule has 140 valence electrons. The summed E-state index contributed by atoms with van der Waals surface area (Å²) in [6.45, 7) is 3.45. The van der Waals surface area contributed by atoms with Crippen molar-refractivity contribution < 1.29 is 17.9 Å². The van der Waals surface area contributed by atoms with Crippen molar-refractivity contribution in [3.05, 3.63) is 47.9 Å². The molecule has 0 aliphatic carbocycles. The number of halogens is 3. The van der Waals surface area contributed by atoms with Crippen molar-refractivity contribution in [2.45, 2.75) is 24.9 Å². The first-order chi connectivity index (χ1) is 12.5. The number of nitrogens with zero attached hydrogens (tertiary/aromatic N) is 3. The van der Waals surface area contributed by atoms with E-state index in [1.807, 2.05) is 0 Å². The molecular weight excluding hydrogens is 343 g/mol. The molecule has 1 unspecified atom stereocenters. The fraction of sp³-hybridized carbons (Fsp3) is 0.474. The van der Waals surface area contributed by atoms with Gasteiger partial charge in [0.2, 0.25) is 0 Å². The largest absolute Gasteiger partial charge is 0.416 e. The van der Waals surface area contributed by atoms with Gasteiger partial charge in [0.05, 0.1) is 29.8 Å². The van der Waals surface area contributed by atoms with Crippen LogP contribution in [0.15, 0.2) is 36.7 Å². The quantitative estimate of drug-likeness (QED) is 0.803. The number of aromatic nitrogens is 2. The van der Waals surface area contributed by atoms with Crippen molar-refractivity contribution >= 4 is 0 Å². The van der Waals surface area contributed by atoms with Crippen LogP contribution in [0.5, 0.6) is 0 Å². The van der Waals surface area contributed by atoms with Gasteiger partial charge in [-0.3, -0.25) is 4.98 Å². The van der Waals surface area contributed by atoms with Gasteiger partial charge in [-0.25, -0.2) is 4.98 Å². The number of hydrogen-bond acceptors (Lipinski definition) is 4. The summed E-state index contributed by atoms with van der Waals surface area (Å²) in [7, 11) is 1.69. The van der Waals surface area contributed by atoms with Gasteiger partial charge in [-0.2, -0.15) is 13.2 Å². The van der Waals surface area contributed by atoms with E-state index in [1.165, 1.54) is 12.3 Å². The van der Waals surface area contributed by atoms with Crippen LogP contribution in [0, 0.1) is 0 Å². The molecule has 0 saturated carbocycles. The van der Waals surface area contributed by atoms with E-state index in [-0.39, 0.29) is 5.92 Å². The minimum Gasteiger partial charge on any atom is -0.383 e. The van der Waals surface area contributed by atoms with E-state index in [9.17, 15) is 13.2 Å². The van der Waals surface area contributed by atoms with Crippen LogP contribution in [-0.4, -0.2) is 48.2 Å². The standard InChI is InChI=1S/C19H22F3N3O/c1-26-9-8-25-7-3-5-15(13-25)18-12-23-11-17(24-18)14-4-2-6-16(10-14)19(20,21)22/h2,4,6,10-12,15H,3,5,7-9,13H2,1H3. The van der Waals surface area contributed by atoms with Gasteiger partial charge in [0.15, 0.2) is 0 Å². The Morgan fingerprint density at radius 1 is 1.27 bits per heavy atom. The average Bonchev–Trinajstić information content (AvgIpc) is 2.66. The molecule has 4 nitrogen and oxygen atoms in total. The third kappa shape index (κ3) is 4.59. The number of hydrogen-bond donors (Lipinski definition) is 0. The summed E-state index contributed by atoms with van der Waals surface area (Å²) < 4.78 is 44.0. The lowest BCUT2D eigenvalue weighted by Crippen LogP contribution is -2.36. The van der Waals surface area contributed by atoms with Crippen molar-refractivity contribution in [3.63, 3.8) is 0 Å². The second kappa shape index (κ2) is 8.14. The van der Waals surface area contributed by atoms with Gasteiger partial charge in [-0.05, 0) is 31.5 Å². The van der Waals surface area contributed by atoms with Gasteiger partial charge in [0.25, 0.3) is 0 Å². The van der Waals surface area contributed by atoms with Gasteiger partial charge in [-0.15, -0.1) is 0 Å². The van der Waals surface area contributed by atoms with Crippen molar-refractivity contribution in [2.24, 2.45) is 0 Å². The number of benzene rings is 1. The molecule has 2 heterocycles. The van der Waals surface area contributed by atoms with Crippen molar-refractivity contribution in [2.75, 3.05) is 33.4 Å². The van der Waals surface area contributed by atoms with Crippen LogP contribution in [0.3, 0.4) is 0 Å². The molecule has 0 spiro atoms. The maximum absolute atomic E-state index is 12.9. The first-order valence-electron chi connectivity index (χ1n) is 8.68. The maximum Gasteiger partial charge on any atom is 0.416 e. The van der Waals surface area contributed by atoms with E-state index in [0.29, 0.717) is 17.9 Å². The first kappa shape index (κ1) is 18.8. The van der Waals surface area contributed by atoms with Gasteiger partial charge in [0.1, 0.15) is 0 Å². The Labute approximate surface area is 151 Å². The molecule has 0 amide bonds. The van der Waals surface area contributed by atoms with Crippen LogP contribution in [0.2, 0.25) is 0 Å². The molecule has 0 radical (unpaired) electrons. The highest BCUT2D eigenvalue weighted by molar-refractivity contribution is 5.59. The van der Waals surface area contributed by atoms with E-state index in [2.05, 4.69) is 14.9 Å². The third-order valence-corrected chi connectivity index (χ3v) is 4.67. The van der Waals surface area contributed by atoms with Crippen LogP contribution in [-0.2, 0) is 10.9 Å². The van der Waals surface area contributed by atoms with Crippen LogP contribution in [0.25, 0.3) is 11.3 Å². The fourth-order valence-electron chi connectivity index (χ4n) is 3.29. The summed E-state index contributed by atoms with van der Waals surface area (Å²) in [5.74, 6) is 0.235. The smallest absolute Gasteiger partial charge is 0.383 e. The molecule has 1 aliphatic rings. The average molecular weight is 365 g/mol. The number of alkyl halides is 3. The number of ether oxygens (including phenoxy) is 1. The van der Waals surface area contributed by atoms with E-state index < -0.39 is 11.7 Å². The van der Waals surface area contributed by atoms with E-state index in [1.54, 1.807) is 19.4 Å². The predicted molar refractivity (Wildman–Crippen MR) is 92.8 cm³/mol. The molecule has 1 atom stereocenters. The zero-order valence-electron chi connectivity index (χ0n) is 14.7. The molecule has 0 bridgehead atoms. The monoisotopic (exact) mass is 365 g/mol. The molecule has 1 aromatic heterocycles. The van der Waals surface area contributed by atoms with Crippen LogP contribution >= 0.6 is 0 Å². The van der Waals surface area contributed by atoms with Gasteiger partial charge in [0, 0.05) is 37.9 Å². The van der Waals surface area contributed by atoms with Gasteiger partial charge in [-0.1, -0.05) is 12.1 Å². The summed E-state index contributed by atoms with van der Waals surface area (Å²) in [6.07, 6.45) is 0.937. The maximum atomic E-state index is 12.9. The Morgan fingerprint density at radius 3 is 2.88 bits per heavy atom. The molecule has 3 rings (SSSR count). The molecule has 7 heteroatoms. The highest BCUT2D eigenvalue weighted by Crippen LogP contribution is 2.32. The summed E-state index contributed by atoms with van der Waals surface area (Å²) in [4.78, 5) is 11.2. The lowest BCUT2D eigenvalue weighted by molar-refractivity contribution is -0.137. The Balaban J connectivity index is 1.80. The zero-order valence-corrected chi connectivity index (χ0v) is 14.7. The second-order valence-corrected chi connectivity index (χ2v) is 6.54. The van der Waals surface area contributed by atoms with Crippen molar-refractivity contribution in [3.8, 4) is 11.3 Å². The lowest BCUT2D eigenvalue weighted by atomic mass is 9.95. The molecule has 1 saturated heterocycles. The zero-order chi connectivity index (χ0) is 18.6. The van der Waals surface area contributed by atoms with Gasteiger partial charge < -0.3 is 9.64 Å². The van der Waals surface area contributed by atoms with E-state index in [4.69, 9.17) is 4.74 Å². The molecule has 2 aromatic rings.